The van der Waals surface area contributed by atoms with Gasteiger partial charge in [-0.15, -0.1) is 0 Å². The van der Waals surface area contributed by atoms with Crippen molar-refractivity contribution >= 4 is 17.8 Å². The summed E-state index contributed by atoms with van der Waals surface area (Å²) in [5, 5.41) is 0. The number of benzene rings is 2. The lowest BCUT2D eigenvalue weighted by Crippen LogP contribution is -2.11. The van der Waals surface area contributed by atoms with Crippen molar-refractivity contribution in [1.82, 2.24) is 0 Å². The van der Waals surface area contributed by atoms with Crippen molar-refractivity contribution in [3.8, 4) is 11.5 Å². The van der Waals surface area contributed by atoms with Gasteiger partial charge in [0, 0.05) is 11.6 Å². The molecule has 3 rings (SSSR count). The van der Waals surface area contributed by atoms with Crippen molar-refractivity contribution < 1.29 is 23.2 Å². The van der Waals surface area contributed by atoms with Crippen LogP contribution in [0.4, 0.5) is 0 Å². The van der Waals surface area contributed by atoms with Gasteiger partial charge in [0.25, 0.3) is 0 Å². The van der Waals surface area contributed by atoms with Crippen molar-refractivity contribution in [3.63, 3.8) is 0 Å². The van der Waals surface area contributed by atoms with Gasteiger partial charge in [0.2, 0.25) is 17.4 Å². The number of hydrogen-bond donors (Lipinski definition) is 1. The molecule has 1 aliphatic rings. The predicted molar refractivity (Wildman–Crippen MR) is 98.4 cm³/mol. The van der Waals surface area contributed by atoms with Gasteiger partial charge >= 0.3 is 0 Å². The van der Waals surface area contributed by atoms with Crippen molar-refractivity contribution in [1.29, 1.82) is 0 Å². The Bertz CT molecular complexity index is 822. The van der Waals surface area contributed by atoms with Crippen molar-refractivity contribution in [2.75, 3.05) is 14.2 Å². The van der Waals surface area contributed by atoms with Crippen LogP contribution in [0.25, 0.3) is 0 Å². The summed E-state index contributed by atoms with van der Waals surface area (Å²) >= 11 is 1.13. The van der Waals surface area contributed by atoms with E-state index in [0.717, 1.165) is 17.6 Å². The Morgan fingerprint density at radius 3 is 2.58 bits per heavy atom. The van der Waals surface area contributed by atoms with Crippen molar-refractivity contribution in [3.05, 3.63) is 71.3 Å². The number of Topliss-reactive ketones (excluding diaryl/α,β-unsaturated/α-hetero) is 1. The van der Waals surface area contributed by atoms with E-state index in [0.29, 0.717) is 22.8 Å². The molecule has 2 aromatic rings. The number of ether oxygens (including phenoxy) is 3. The molecule has 0 aliphatic carbocycles. The van der Waals surface area contributed by atoms with E-state index in [1.54, 1.807) is 25.3 Å². The molecule has 1 atom stereocenters. The van der Waals surface area contributed by atoms with E-state index in [2.05, 4.69) is 0 Å². The highest BCUT2D eigenvalue weighted by molar-refractivity contribution is 7.94. The molecule has 0 amide bonds. The van der Waals surface area contributed by atoms with E-state index in [-0.39, 0.29) is 17.4 Å². The van der Waals surface area contributed by atoms with E-state index in [1.165, 1.54) is 7.11 Å². The monoisotopic (exact) mass is 373 g/mol. The quantitative estimate of drug-likeness (QED) is 0.746. The lowest BCUT2D eigenvalue weighted by atomic mass is 10.0. The molecule has 0 saturated carbocycles. The van der Waals surface area contributed by atoms with E-state index in [4.69, 9.17) is 24.1 Å². The summed E-state index contributed by atoms with van der Waals surface area (Å²) in [6.07, 6.45) is -0.900. The maximum atomic E-state index is 12.7. The molecule has 1 heterocycles. The van der Waals surface area contributed by atoms with Gasteiger partial charge in [-0.2, -0.15) is 0 Å². The highest BCUT2D eigenvalue weighted by atomic mass is 32.2. The van der Waals surface area contributed by atoms with Crippen LogP contribution in [0.2, 0.25) is 0 Å². The number of carbonyl (C=O) groups is 1. The number of methoxy groups -OCH3 is 2. The number of nitrogens with two attached hydrogens (primary N) is 1. The van der Waals surface area contributed by atoms with Crippen LogP contribution in [-0.2, 0) is 19.5 Å². The van der Waals surface area contributed by atoms with Crippen LogP contribution in [0.3, 0.4) is 0 Å². The molecule has 2 N–H and O–H groups in total. The Morgan fingerprint density at radius 2 is 1.88 bits per heavy atom. The third-order valence-electron chi connectivity index (χ3n) is 3.86. The zero-order valence-electron chi connectivity index (χ0n) is 14.4. The fraction of sp³-hybridized carbons (Fsp3) is 0.211. The van der Waals surface area contributed by atoms with Crippen LogP contribution in [0, 0.1) is 0 Å². The topological polar surface area (TPSA) is 80.0 Å². The maximum Gasteiger partial charge on any atom is 0.249 e. The maximum absolute atomic E-state index is 12.7. The number of carbonyl (C=O) groups excluding carboxylic acids is 1. The molecule has 0 fully saturated rings. The highest BCUT2D eigenvalue weighted by Crippen LogP contribution is 2.39. The first-order chi connectivity index (χ1) is 12.6. The second-order valence-corrected chi connectivity index (χ2v) is 6.19. The first kappa shape index (κ1) is 18.0. The summed E-state index contributed by atoms with van der Waals surface area (Å²) < 4.78 is 21.6. The van der Waals surface area contributed by atoms with E-state index in [9.17, 15) is 4.79 Å². The fourth-order valence-corrected chi connectivity index (χ4v) is 3.20. The Balaban J connectivity index is 1.70. The molecule has 0 aromatic heterocycles. The van der Waals surface area contributed by atoms with Crippen LogP contribution >= 0.6 is 12.0 Å². The first-order valence-corrected chi connectivity index (χ1v) is 8.81. The molecule has 1 aliphatic heterocycles. The van der Waals surface area contributed by atoms with Crippen LogP contribution < -0.4 is 15.2 Å². The SMILES string of the molecule is COc1ccc(C2OC(N)=C(OSCc3ccccc3)C2=O)c(OC)c1. The Hall–Kier alpha value is -2.80. The lowest BCUT2D eigenvalue weighted by Gasteiger charge is -2.15. The summed E-state index contributed by atoms with van der Waals surface area (Å²) in [7, 11) is 3.07. The van der Waals surface area contributed by atoms with Gasteiger partial charge in [0.15, 0.2) is 6.10 Å². The van der Waals surface area contributed by atoms with Gasteiger partial charge < -0.3 is 24.1 Å². The number of rotatable bonds is 7. The van der Waals surface area contributed by atoms with Gasteiger partial charge in [-0.1, -0.05) is 30.3 Å². The Morgan fingerprint density at radius 1 is 1.12 bits per heavy atom. The molecule has 1 unspecified atom stereocenters. The van der Waals surface area contributed by atoms with Crippen molar-refractivity contribution in [2.45, 2.75) is 11.9 Å². The molecule has 2 aromatic carbocycles. The Labute approximate surface area is 156 Å². The van der Waals surface area contributed by atoms with Gasteiger partial charge in [-0.05, 0) is 17.7 Å². The Kier molecular flexibility index (Phi) is 5.58. The largest absolute Gasteiger partial charge is 0.497 e. The smallest absolute Gasteiger partial charge is 0.249 e. The summed E-state index contributed by atoms with van der Waals surface area (Å²) in [4.78, 5) is 12.7. The van der Waals surface area contributed by atoms with E-state index in [1.807, 2.05) is 30.3 Å². The summed E-state index contributed by atoms with van der Waals surface area (Å²) in [5.41, 5.74) is 7.50. The molecule has 0 spiro atoms. The molecule has 7 heteroatoms. The fourth-order valence-electron chi connectivity index (χ4n) is 2.53. The van der Waals surface area contributed by atoms with Gasteiger partial charge in [-0.3, -0.25) is 4.79 Å². The number of ketones is 1. The molecule has 0 bridgehead atoms. The molecule has 6 nitrogen and oxygen atoms in total. The second kappa shape index (κ2) is 8.05. The molecule has 26 heavy (non-hydrogen) atoms. The van der Waals surface area contributed by atoms with E-state index >= 15 is 0 Å². The lowest BCUT2D eigenvalue weighted by molar-refractivity contribution is -0.123. The second-order valence-electron chi connectivity index (χ2n) is 5.49. The zero-order valence-corrected chi connectivity index (χ0v) is 15.2. The van der Waals surface area contributed by atoms with Crippen molar-refractivity contribution in [2.24, 2.45) is 5.73 Å². The third kappa shape index (κ3) is 3.72. The highest BCUT2D eigenvalue weighted by Gasteiger charge is 2.39. The minimum absolute atomic E-state index is 0.0220. The molecular formula is C19H19NO5S. The standard InChI is InChI=1S/C19H19NO5S/c1-22-13-8-9-14(15(10-13)23-2)17-16(21)18(19(20)24-17)25-26-11-12-6-4-3-5-7-12/h3-10,17H,11,20H2,1-2H3. The molecule has 0 radical (unpaired) electrons. The number of hydrogen-bond acceptors (Lipinski definition) is 7. The minimum atomic E-state index is -0.900. The summed E-state index contributed by atoms with van der Waals surface area (Å²) in [6.45, 7) is 0. The third-order valence-corrected chi connectivity index (χ3v) is 4.60. The summed E-state index contributed by atoms with van der Waals surface area (Å²) in [5.74, 6) is 1.33. The van der Waals surface area contributed by atoms with Crippen LogP contribution in [-0.4, -0.2) is 20.0 Å². The molecule has 136 valence electrons. The van der Waals surface area contributed by atoms with Gasteiger partial charge in [0.1, 0.15) is 11.5 Å². The summed E-state index contributed by atoms with van der Waals surface area (Å²) in [6, 6.07) is 14.9. The zero-order chi connectivity index (χ0) is 18.5. The van der Waals surface area contributed by atoms with E-state index < -0.39 is 6.10 Å². The molecular weight excluding hydrogens is 354 g/mol. The normalized spacial score (nSPS) is 16.4. The average Bonchev–Trinajstić information content (AvgIpc) is 2.96. The van der Waals surface area contributed by atoms with Gasteiger partial charge in [-0.25, -0.2) is 0 Å². The minimum Gasteiger partial charge on any atom is -0.497 e. The van der Waals surface area contributed by atoms with Crippen LogP contribution in [0.15, 0.2) is 60.2 Å². The molecule has 0 saturated heterocycles. The predicted octanol–water partition coefficient (Wildman–Crippen LogP) is 3.34. The van der Waals surface area contributed by atoms with Crippen LogP contribution in [0.1, 0.15) is 17.2 Å². The van der Waals surface area contributed by atoms with Crippen LogP contribution in [0.5, 0.6) is 11.5 Å². The average molecular weight is 373 g/mol. The van der Waals surface area contributed by atoms with Gasteiger partial charge in [0.05, 0.1) is 32.0 Å². The first-order valence-electron chi connectivity index (χ1n) is 7.90.